The third-order valence-corrected chi connectivity index (χ3v) is 5.38. The van der Waals surface area contributed by atoms with Crippen LogP contribution in [0.2, 0.25) is 5.02 Å². The monoisotopic (exact) mass is 392 g/mol. The topological polar surface area (TPSA) is 75.2 Å². The summed E-state index contributed by atoms with van der Waals surface area (Å²) in [7, 11) is 0. The highest BCUT2D eigenvalue weighted by molar-refractivity contribution is 7.03. The molecule has 0 atom stereocenters. The highest BCUT2D eigenvalue weighted by Crippen LogP contribution is 2.23. The van der Waals surface area contributed by atoms with Gasteiger partial charge in [0.15, 0.2) is 5.69 Å². The number of hydrogen-bond acceptors (Lipinski definition) is 5. The summed E-state index contributed by atoms with van der Waals surface area (Å²) in [4.78, 5) is 26.1. The van der Waals surface area contributed by atoms with Crippen molar-refractivity contribution in [1.29, 1.82) is 0 Å². The van der Waals surface area contributed by atoms with Gasteiger partial charge in [0.05, 0.1) is 0 Å². The number of benzene rings is 1. The Balaban J connectivity index is 1.35. The summed E-state index contributed by atoms with van der Waals surface area (Å²) in [6.07, 6.45) is 3.20. The predicted octanol–water partition coefficient (Wildman–Crippen LogP) is 3.14. The van der Waals surface area contributed by atoms with E-state index in [2.05, 4.69) is 14.9 Å². The molecule has 8 heteroatoms. The van der Waals surface area contributed by atoms with Crippen LogP contribution in [0.25, 0.3) is 0 Å². The van der Waals surface area contributed by atoms with Crippen LogP contribution in [0.5, 0.6) is 0 Å². The fourth-order valence-corrected chi connectivity index (χ4v) is 3.76. The Morgan fingerprint density at radius 1 is 1.31 bits per heavy atom. The average molecular weight is 393 g/mol. The fraction of sp³-hybridized carbons (Fsp3) is 0.444. The number of halogens is 1. The van der Waals surface area contributed by atoms with E-state index < -0.39 is 0 Å². The Hall–Kier alpha value is -1.99. The summed E-state index contributed by atoms with van der Waals surface area (Å²) in [5, 5.41) is 9.12. The van der Waals surface area contributed by atoms with Gasteiger partial charge >= 0.3 is 0 Å². The van der Waals surface area contributed by atoms with Gasteiger partial charge in [-0.25, -0.2) is 0 Å². The number of amides is 2. The number of aromatic nitrogens is 2. The first-order valence-corrected chi connectivity index (χ1v) is 9.91. The van der Waals surface area contributed by atoms with Gasteiger partial charge in [-0.1, -0.05) is 28.2 Å². The smallest absolute Gasteiger partial charge is 0.275 e. The molecule has 6 nitrogen and oxygen atoms in total. The molecule has 0 saturated carbocycles. The highest BCUT2D eigenvalue weighted by atomic mass is 35.5. The fourth-order valence-electron chi connectivity index (χ4n) is 3.12. The Morgan fingerprint density at radius 3 is 2.81 bits per heavy atom. The lowest BCUT2D eigenvalue weighted by molar-refractivity contribution is -0.121. The largest absolute Gasteiger partial charge is 0.352 e. The van der Waals surface area contributed by atoms with Crippen LogP contribution in [-0.2, 0) is 11.3 Å². The van der Waals surface area contributed by atoms with Crippen LogP contribution >= 0.6 is 23.1 Å². The molecular formula is C18H21ClN4O2S. The van der Waals surface area contributed by atoms with E-state index in [1.807, 2.05) is 29.2 Å². The van der Waals surface area contributed by atoms with Crippen molar-refractivity contribution in [3.05, 3.63) is 45.9 Å². The van der Waals surface area contributed by atoms with Crippen molar-refractivity contribution >= 4 is 34.9 Å². The molecule has 2 amide bonds. The van der Waals surface area contributed by atoms with Crippen molar-refractivity contribution in [3.8, 4) is 0 Å². The quantitative estimate of drug-likeness (QED) is 0.819. The second-order valence-electron chi connectivity index (χ2n) is 6.47. The van der Waals surface area contributed by atoms with Crippen LogP contribution in [0.1, 0.15) is 41.7 Å². The van der Waals surface area contributed by atoms with Crippen molar-refractivity contribution in [2.75, 3.05) is 13.1 Å². The number of carbonyl (C=O) groups is 2. The summed E-state index contributed by atoms with van der Waals surface area (Å²) in [6.45, 7) is 1.92. The van der Waals surface area contributed by atoms with Crippen LogP contribution in [-0.4, -0.2) is 39.4 Å². The maximum absolute atomic E-state index is 12.2. The van der Waals surface area contributed by atoms with Gasteiger partial charge in [0.2, 0.25) is 5.91 Å². The molecule has 0 unspecified atom stereocenters. The molecule has 138 valence electrons. The zero-order chi connectivity index (χ0) is 18.4. The zero-order valence-corrected chi connectivity index (χ0v) is 15.9. The first kappa shape index (κ1) is 18.8. The lowest BCUT2D eigenvalue weighted by Crippen LogP contribution is -2.38. The summed E-state index contributed by atoms with van der Waals surface area (Å²) < 4.78 is 3.74. The molecule has 2 aromatic rings. The van der Waals surface area contributed by atoms with Gasteiger partial charge in [0.25, 0.3) is 5.91 Å². The molecule has 0 aliphatic carbocycles. The molecule has 3 rings (SSSR count). The van der Waals surface area contributed by atoms with Crippen LogP contribution in [0.3, 0.4) is 0 Å². The van der Waals surface area contributed by atoms with Gasteiger partial charge in [0, 0.05) is 36.5 Å². The van der Waals surface area contributed by atoms with Crippen molar-refractivity contribution in [2.24, 2.45) is 5.92 Å². The van der Waals surface area contributed by atoms with E-state index in [-0.39, 0.29) is 11.8 Å². The lowest BCUT2D eigenvalue weighted by Gasteiger charge is -2.31. The first-order valence-electron chi connectivity index (χ1n) is 8.69. The molecule has 1 N–H and O–H groups in total. The van der Waals surface area contributed by atoms with E-state index in [0.717, 1.165) is 24.8 Å². The summed E-state index contributed by atoms with van der Waals surface area (Å²) >= 11 is 7.13. The van der Waals surface area contributed by atoms with E-state index in [1.54, 1.807) is 5.38 Å². The molecule has 1 aliphatic heterocycles. The lowest BCUT2D eigenvalue weighted by atomic mass is 9.92. The summed E-state index contributed by atoms with van der Waals surface area (Å²) in [6, 6.07) is 7.48. The van der Waals surface area contributed by atoms with Gasteiger partial charge in [-0.3, -0.25) is 9.59 Å². The standard InChI is InChI=1S/C18H21ClN4O2S/c19-15-3-1-2-14(10-15)11-20-17(24)5-4-13-6-8-23(9-7-13)18(25)16-12-26-22-21-16/h1-3,10,12-13H,4-9,11H2,(H,20,24). The second kappa shape index (κ2) is 9.09. The van der Waals surface area contributed by atoms with Crippen LogP contribution in [0.4, 0.5) is 0 Å². The number of likely N-dealkylation sites (tertiary alicyclic amines) is 1. The van der Waals surface area contributed by atoms with E-state index in [9.17, 15) is 9.59 Å². The first-order chi connectivity index (χ1) is 12.6. The SMILES string of the molecule is O=C(CCC1CCN(C(=O)c2csnn2)CC1)NCc1cccc(Cl)c1. The Labute approximate surface area is 161 Å². The third kappa shape index (κ3) is 5.25. The molecule has 26 heavy (non-hydrogen) atoms. The normalized spacial score (nSPS) is 15.0. The molecule has 1 fully saturated rings. The van der Waals surface area contributed by atoms with E-state index in [4.69, 9.17) is 11.6 Å². The number of nitrogens with zero attached hydrogens (tertiary/aromatic N) is 3. The molecule has 1 aromatic carbocycles. The maximum Gasteiger partial charge on any atom is 0.275 e. The zero-order valence-electron chi connectivity index (χ0n) is 14.4. The molecule has 1 aliphatic rings. The number of carbonyl (C=O) groups excluding carboxylic acids is 2. The number of nitrogens with one attached hydrogen (secondary N) is 1. The Morgan fingerprint density at radius 2 is 2.12 bits per heavy atom. The number of hydrogen-bond donors (Lipinski definition) is 1. The summed E-state index contributed by atoms with van der Waals surface area (Å²) in [5.41, 5.74) is 1.42. The molecule has 0 bridgehead atoms. The van der Waals surface area contributed by atoms with Crippen LogP contribution in [0.15, 0.2) is 29.6 Å². The molecular weight excluding hydrogens is 372 g/mol. The number of rotatable bonds is 6. The average Bonchev–Trinajstić information content (AvgIpc) is 3.19. The molecule has 2 heterocycles. The van der Waals surface area contributed by atoms with Crippen molar-refractivity contribution < 1.29 is 9.59 Å². The van der Waals surface area contributed by atoms with Crippen molar-refractivity contribution in [3.63, 3.8) is 0 Å². The van der Waals surface area contributed by atoms with Crippen molar-refractivity contribution in [1.82, 2.24) is 19.8 Å². The minimum atomic E-state index is -0.0449. The van der Waals surface area contributed by atoms with Gasteiger partial charge in [-0.05, 0) is 54.4 Å². The van der Waals surface area contributed by atoms with Gasteiger partial charge in [0.1, 0.15) is 0 Å². The predicted molar refractivity (Wildman–Crippen MR) is 101 cm³/mol. The molecule has 1 aromatic heterocycles. The third-order valence-electron chi connectivity index (χ3n) is 4.64. The van der Waals surface area contributed by atoms with Crippen LogP contribution < -0.4 is 5.32 Å². The van der Waals surface area contributed by atoms with Crippen molar-refractivity contribution in [2.45, 2.75) is 32.2 Å². The molecule has 1 saturated heterocycles. The second-order valence-corrected chi connectivity index (χ2v) is 7.52. The van der Waals surface area contributed by atoms with E-state index in [0.29, 0.717) is 42.7 Å². The minimum Gasteiger partial charge on any atom is -0.352 e. The minimum absolute atomic E-state index is 0.0449. The van der Waals surface area contributed by atoms with E-state index >= 15 is 0 Å². The Bertz CT molecular complexity index is 745. The highest BCUT2D eigenvalue weighted by Gasteiger charge is 2.25. The summed E-state index contributed by atoms with van der Waals surface area (Å²) in [5.74, 6) is 0.484. The number of piperidine rings is 1. The molecule has 0 radical (unpaired) electrons. The Kier molecular flexibility index (Phi) is 6.57. The molecule has 0 spiro atoms. The van der Waals surface area contributed by atoms with E-state index in [1.165, 1.54) is 11.5 Å². The van der Waals surface area contributed by atoms with Gasteiger partial charge < -0.3 is 10.2 Å². The van der Waals surface area contributed by atoms with Crippen LogP contribution in [0, 0.1) is 5.92 Å². The van der Waals surface area contributed by atoms with Gasteiger partial charge in [-0.15, -0.1) is 5.10 Å². The van der Waals surface area contributed by atoms with Gasteiger partial charge in [-0.2, -0.15) is 0 Å². The maximum atomic E-state index is 12.2.